The van der Waals surface area contributed by atoms with Crippen molar-refractivity contribution in [1.82, 2.24) is 0 Å². The van der Waals surface area contributed by atoms with Crippen LogP contribution in [0.5, 0.6) is 0 Å². The molecule has 1 aliphatic rings. The van der Waals surface area contributed by atoms with Gasteiger partial charge in [-0.1, -0.05) is 6.92 Å². The molecular formula is C15H16FN5. The summed E-state index contributed by atoms with van der Waals surface area (Å²) in [7, 11) is 0. The fourth-order valence-electron chi connectivity index (χ4n) is 2.31. The highest BCUT2D eigenvalue weighted by atomic mass is 19.1. The maximum Gasteiger partial charge on any atom is 0.237 e. The Morgan fingerprint density at radius 3 is 2.62 bits per heavy atom. The van der Waals surface area contributed by atoms with Crippen molar-refractivity contribution in [2.24, 2.45) is 11.0 Å². The number of nitrogens with zero attached hydrogens (tertiary/aromatic N) is 4. The zero-order chi connectivity index (χ0) is 15.2. The van der Waals surface area contributed by atoms with Gasteiger partial charge in [-0.15, -0.1) is 0 Å². The molecule has 108 valence electrons. The Balaban J connectivity index is 2.24. The molecule has 1 heterocycles. The van der Waals surface area contributed by atoms with Gasteiger partial charge in [0, 0.05) is 19.2 Å². The number of benzene rings is 1. The summed E-state index contributed by atoms with van der Waals surface area (Å²) in [5, 5.41) is 21.0. The zero-order valence-electron chi connectivity index (χ0n) is 11.8. The first-order valence-electron chi connectivity index (χ1n) is 6.82. The Morgan fingerprint density at radius 1 is 1.33 bits per heavy atom. The van der Waals surface area contributed by atoms with Gasteiger partial charge in [-0.05, 0) is 30.9 Å². The third kappa shape index (κ3) is 3.70. The molecule has 1 N–H and O–H groups in total. The molecule has 0 atom stereocenters. The van der Waals surface area contributed by atoms with Crippen LogP contribution in [0.2, 0.25) is 0 Å². The average molecular weight is 285 g/mol. The van der Waals surface area contributed by atoms with Crippen molar-refractivity contribution in [2.75, 3.05) is 23.4 Å². The first-order chi connectivity index (χ1) is 10.1. The lowest BCUT2D eigenvalue weighted by Gasteiger charge is -2.33. The van der Waals surface area contributed by atoms with Crippen LogP contribution in [-0.2, 0) is 0 Å². The summed E-state index contributed by atoms with van der Waals surface area (Å²) >= 11 is 0. The summed E-state index contributed by atoms with van der Waals surface area (Å²) in [6.07, 6.45) is 2.17. The van der Waals surface area contributed by atoms with E-state index >= 15 is 0 Å². The van der Waals surface area contributed by atoms with E-state index in [2.05, 4.69) is 22.4 Å². The highest BCUT2D eigenvalue weighted by molar-refractivity contribution is 6.10. The highest BCUT2D eigenvalue weighted by Gasteiger charge is 2.18. The van der Waals surface area contributed by atoms with E-state index in [4.69, 9.17) is 10.5 Å². The van der Waals surface area contributed by atoms with Gasteiger partial charge in [0.25, 0.3) is 0 Å². The minimum atomic E-state index is -0.391. The van der Waals surface area contributed by atoms with Gasteiger partial charge in [-0.2, -0.15) is 15.6 Å². The Labute approximate surface area is 123 Å². The smallest absolute Gasteiger partial charge is 0.237 e. The second kappa shape index (κ2) is 6.71. The molecule has 1 aromatic rings. The Bertz CT molecular complexity index is 602. The molecule has 1 aromatic carbocycles. The Kier molecular flexibility index (Phi) is 4.73. The number of piperidine rings is 1. The van der Waals surface area contributed by atoms with E-state index in [1.165, 1.54) is 12.1 Å². The molecule has 0 spiro atoms. The lowest BCUT2D eigenvalue weighted by atomic mass is 9.98. The molecule has 0 aliphatic carbocycles. The van der Waals surface area contributed by atoms with Crippen LogP contribution in [-0.4, -0.2) is 18.8 Å². The van der Waals surface area contributed by atoms with Crippen LogP contribution in [0.15, 0.2) is 23.3 Å². The standard InChI is InChI=1S/C15H16FN5/c1-11-4-6-21(7-5-11)15-3-2-12(16)8-14(15)20-19-13(9-17)10-18/h2-3,8,11,20H,4-7H2,1H3. The molecule has 0 bridgehead atoms. The highest BCUT2D eigenvalue weighted by Crippen LogP contribution is 2.30. The molecule has 0 aromatic heterocycles. The van der Waals surface area contributed by atoms with E-state index in [-0.39, 0.29) is 5.71 Å². The summed E-state index contributed by atoms with van der Waals surface area (Å²) in [5.74, 6) is 0.303. The van der Waals surface area contributed by atoms with Crippen LogP contribution >= 0.6 is 0 Å². The molecule has 1 aliphatic heterocycles. The van der Waals surface area contributed by atoms with Crippen molar-refractivity contribution in [3.05, 3.63) is 24.0 Å². The average Bonchev–Trinajstić information content (AvgIpc) is 2.49. The minimum absolute atomic E-state index is 0.294. The fourth-order valence-corrected chi connectivity index (χ4v) is 2.31. The third-order valence-electron chi connectivity index (χ3n) is 3.58. The van der Waals surface area contributed by atoms with Gasteiger partial charge in [0.05, 0.1) is 11.4 Å². The monoisotopic (exact) mass is 285 g/mol. The van der Waals surface area contributed by atoms with Crippen molar-refractivity contribution < 1.29 is 4.39 Å². The number of anilines is 2. The van der Waals surface area contributed by atoms with Crippen LogP contribution in [0.3, 0.4) is 0 Å². The van der Waals surface area contributed by atoms with Gasteiger partial charge in [0.1, 0.15) is 18.0 Å². The molecule has 0 unspecified atom stereocenters. The van der Waals surface area contributed by atoms with Crippen molar-refractivity contribution in [1.29, 1.82) is 10.5 Å². The van der Waals surface area contributed by atoms with Crippen molar-refractivity contribution >= 4 is 17.1 Å². The number of nitrogens with one attached hydrogen (secondary N) is 1. The lowest BCUT2D eigenvalue weighted by molar-refractivity contribution is 0.438. The van der Waals surface area contributed by atoms with Crippen molar-refractivity contribution in [2.45, 2.75) is 19.8 Å². The predicted octanol–water partition coefficient (Wildman–Crippen LogP) is 2.88. The second-order valence-electron chi connectivity index (χ2n) is 5.13. The molecule has 1 fully saturated rings. The number of halogens is 1. The number of hydrogen-bond acceptors (Lipinski definition) is 5. The van der Waals surface area contributed by atoms with Crippen LogP contribution in [0.1, 0.15) is 19.8 Å². The molecule has 0 saturated carbocycles. The number of hydrogen-bond donors (Lipinski definition) is 1. The van der Waals surface area contributed by atoms with Gasteiger partial charge in [-0.3, -0.25) is 5.43 Å². The maximum atomic E-state index is 13.4. The summed E-state index contributed by atoms with van der Waals surface area (Å²) < 4.78 is 13.4. The van der Waals surface area contributed by atoms with E-state index < -0.39 is 5.82 Å². The quantitative estimate of drug-likeness (QED) is 0.684. The van der Waals surface area contributed by atoms with Crippen molar-refractivity contribution in [3.8, 4) is 12.1 Å². The van der Waals surface area contributed by atoms with Gasteiger partial charge in [-0.25, -0.2) is 4.39 Å². The second-order valence-corrected chi connectivity index (χ2v) is 5.13. The van der Waals surface area contributed by atoms with Crippen LogP contribution in [0.4, 0.5) is 15.8 Å². The summed E-state index contributed by atoms with van der Waals surface area (Å²) in [4.78, 5) is 2.16. The van der Waals surface area contributed by atoms with E-state index in [1.807, 2.05) is 0 Å². The number of rotatable bonds is 3. The van der Waals surface area contributed by atoms with E-state index in [0.717, 1.165) is 31.6 Å². The summed E-state index contributed by atoms with van der Waals surface area (Å²) in [6.45, 7) is 4.01. The molecule has 0 amide bonds. The first kappa shape index (κ1) is 14.8. The van der Waals surface area contributed by atoms with Gasteiger partial charge in [0.15, 0.2) is 0 Å². The lowest BCUT2D eigenvalue weighted by Crippen LogP contribution is -2.33. The zero-order valence-corrected chi connectivity index (χ0v) is 11.8. The SMILES string of the molecule is CC1CCN(c2ccc(F)cc2NN=C(C#N)C#N)CC1. The van der Waals surface area contributed by atoms with E-state index in [1.54, 1.807) is 18.2 Å². The van der Waals surface area contributed by atoms with Gasteiger partial charge >= 0.3 is 0 Å². The van der Waals surface area contributed by atoms with Crippen LogP contribution in [0.25, 0.3) is 0 Å². The first-order valence-corrected chi connectivity index (χ1v) is 6.82. The van der Waals surface area contributed by atoms with Gasteiger partial charge < -0.3 is 4.90 Å². The molecule has 5 nitrogen and oxygen atoms in total. The fraction of sp³-hybridized carbons (Fsp3) is 0.400. The third-order valence-corrected chi connectivity index (χ3v) is 3.58. The predicted molar refractivity (Wildman–Crippen MR) is 79.3 cm³/mol. The molecule has 21 heavy (non-hydrogen) atoms. The topological polar surface area (TPSA) is 75.2 Å². The largest absolute Gasteiger partial charge is 0.370 e. The van der Waals surface area contributed by atoms with Crippen LogP contribution < -0.4 is 10.3 Å². The molecule has 2 rings (SSSR count). The normalized spacial score (nSPS) is 15.0. The van der Waals surface area contributed by atoms with E-state index in [9.17, 15) is 4.39 Å². The molecular weight excluding hydrogens is 269 g/mol. The number of nitriles is 2. The number of hydrazone groups is 1. The minimum Gasteiger partial charge on any atom is -0.370 e. The molecule has 6 heteroatoms. The molecule has 0 radical (unpaired) electrons. The maximum absolute atomic E-state index is 13.4. The summed E-state index contributed by atoms with van der Waals surface area (Å²) in [5.41, 5.74) is 3.63. The van der Waals surface area contributed by atoms with Crippen LogP contribution in [0, 0.1) is 34.4 Å². The van der Waals surface area contributed by atoms with Gasteiger partial charge in [0.2, 0.25) is 5.71 Å². The van der Waals surface area contributed by atoms with E-state index in [0.29, 0.717) is 11.6 Å². The Morgan fingerprint density at radius 2 is 2.00 bits per heavy atom. The van der Waals surface area contributed by atoms with Crippen molar-refractivity contribution in [3.63, 3.8) is 0 Å². The Hall–Kier alpha value is -2.60. The summed E-state index contributed by atoms with van der Waals surface area (Å²) in [6, 6.07) is 7.74. The molecule has 1 saturated heterocycles.